The predicted molar refractivity (Wildman–Crippen MR) is 81.6 cm³/mol. The molecule has 3 N–H and O–H groups in total. The number of nitrogens with one attached hydrogen (secondary N) is 1. The molecule has 1 aromatic rings. The van der Waals surface area contributed by atoms with Crippen LogP contribution in [0.4, 0.5) is 0 Å². The second-order valence-electron chi connectivity index (χ2n) is 5.91. The molecule has 2 unspecified atom stereocenters. The third-order valence-corrected chi connectivity index (χ3v) is 4.33. The van der Waals surface area contributed by atoms with Crippen molar-refractivity contribution in [2.24, 2.45) is 11.7 Å². The summed E-state index contributed by atoms with van der Waals surface area (Å²) in [6.45, 7) is 5.79. The minimum atomic E-state index is -0.0774. The Labute approximate surface area is 126 Å². The van der Waals surface area contributed by atoms with E-state index in [1.807, 2.05) is 6.92 Å². The van der Waals surface area contributed by atoms with Crippen LogP contribution in [-0.4, -0.2) is 27.2 Å². The van der Waals surface area contributed by atoms with Crippen molar-refractivity contribution < 1.29 is 4.79 Å². The highest BCUT2D eigenvalue weighted by Crippen LogP contribution is 2.19. The molecule has 1 aliphatic rings. The lowest BCUT2D eigenvalue weighted by atomic mass is 9.96. The zero-order valence-electron chi connectivity index (χ0n) is 13.1. The number of hydrogen-bond donors (Lipinski definition) is 2. The number of nitrogens with zero attached hydrogens (tertiary/aromatic N) is 3. The fraction of sp³-hybridized carbons (Fsp3) is 0.800. The number of carbonyl (C=O) groups is 1. The van der Waals surface area contributed by atoms with Gasteiger partial charge in [0.15, 0.2) is 5.82 Å². The van der Waals surface area contributed by atoms with Crippen molar-refractivity contribution in [3.05, 3.63) is 11.6 Å². The first kappa shape index (κ1) is 15.9. The number of aromatic nitrogens is 3. The molecule has 0 saturated heterocycles. The average molecular weight is 293 g/mol. The van der Waals surface area contributed by atoms with Crippen molar-refractivity contribution in [1.29, 1.82) is 0 Å². The molecule has 1 aromatic heterocycles. The van der Waals surface area contributed by atoms with Crippen LogP contribution in [0.15, 0.2) is 0 Å². The van der Waals surface area contributed by atoms with Crippen LogP contribution in [0.25, 0.3) is 0 Å². The summed E-state index contributed by atoms with van der Waals surface area (Å²) >= 11 is 0. The number of carbonyl (C=O) groups excluding carboxylic acids is 1. The molecule has 2 rings (SSSR count). The highest BCUT2D eigenvalue weighted by atomic mass is 16.1. The number of hydrogen-bond acceptors (Lipinski definition) is 4. The van der Waals surface area contributed by atoms with Gasteiger partial charge in [-0.3, -0.25) is 4.79 Å². The van der Waals surface area contributed by atoms with Crippen LogP contribution in [0, 0.1) is 5.92 Å². The van der Waals surface area contributed by atoms with Crippen LogP contribution in [0.3, 0.4) is 0 Å². The normalized spacial score (nSPS) is 16.5. The lowest BCUT2D eigenvalue weighted by Crippen LogP contribution is -2.29. The number of rotatable bonds is 8. The molecule has 0 spiro atoms. The van der Waals surface area contributed by atoms with E-state index in [-0.39, 0.29) is 11.9 Å². The van der Waals surface area contributed by atoms with E-state index in [1.54, 1.807) is 0 Å². The largest absolute Gasteiger partial charge is 0.346 e. The monoisotopic (exact) mass is 293 g/mol. The molecule has 118 valence electrons. The smallest absolute Gasteiger partial charge is 0.220 e. The van der Waals surface area contributed by atoms with Crippen LogP contribution >= 0.6 is 0 Å². The van der Waals surface area contributed by atoms with Crippen molar-refractivity contribution in [2.45, 2.75) is 65.0 Å². The van der Waals surface area contributed by atoms with Crippen molar-refractivity contribution in [3.63, 3.8) is 0 Å². The van der Waals surface area contributed by atoms with Gasteiger partial charge in [0.2, 0.25) is 5.91 Å². The maximum Gasteiger partial charge on any atom is 0.220 e. The average Bonchev–Trinajstić information content (AvgIpc) is 3.05. The molecule has 0 saturated carbocycles. The van der Waals surface area contributed by atoms with Crippen LogP contribution in [0.2, 0.25) is 0 Å². The van der Waals surface area contributed by atoms with E-state index in [0.717, 1.165) is 50.3 Å². The quantitative estimate of drug-likeness (QED) is 0.761. The summed E-state index contributed by atoms with van der Waals surface area (Å²) in [6.07, 6.45) is 5.66. The van der Waals surface area contributed by atoms with E-state index < -0.39 is 0 Å². The Morgan fingerprint density at radius 3 is 2.95 bits per heavy atom. The number of nitrogens with two attached hydrogens (primary N) is 1. The topological polar surface area (TPSA) is 85.8 Å². The molecule has 1 amide bonds. The predicted octanol–water partition coefficient (Wildman–Crippen LogP) is 1.56. The van der Waals surface area contributed by atoms with Crippen LogP contribution < -0.4 is 11.1 Å². The van der Waals surface area contributed by atoms with Crippen molar-refractivity contribution >= 4 is 5.91 Å². The highest BCUT2D eigenvalue weighted by molar-refractivity contribution is 5.76. The van der Waals surface area contributed by atoms with Gasteiger partial charge in [-0.25, -0.2) is 0 Å². The van der Waals surface area contributed by atoms with Crippen molar-refractivity contribution in [2.75, 3.05) is 6.54 Å². The summed E-state index contributed by atoms with van der Waals surface area (Å²) in [5.74, 6) is 2.56. The molecule has 0 aromatic carbocycles. The van der Waals surface area contributed by atoms with E-state index in [4.69, 9.17) is 5.73 Å². The Hall–Kier alpha value is -1.43. The minimum absolute atomic E-state index is 0.0774. The first-order chi connectivity index (χ1) is 10.2. The summed E-state index contributed by atoms with van der Waals surface area (Å²) in [5.41, 5.74) is 5.59. The van der Waals surface area contributed by atoms with E-state index in [9.17, 15) is 4.79 Å². The van der Waals surface area contributed by atoms with Gasteiger partial charge in [-0.2, -0.15) is 0 Å². The molecular weight excluding hydrogens is 266 g/mol. The molecule has 0 aliphatic carbocycles. The third kappa shape index (κ3) is 4.03. The summed E-state index contributed by atoms with van der Waals surface area (Å²) in [7, 11) is 0. The lowest BCUT2D eigenvalue weighted by Gasteiger charge is -2.16. The summed E-state index contributed by atoms with van der Waals surface area (Å²) < 4.78 is 2.13. The zero-order chi connectivity index (χ0) is 15.2. The van der Waals surface area contributed by atoms with E-state index in [0.29, 0.717) is 18.9 Å². The summed E-state index contributed by atoms with van der Waals surface area (Å²) in [5, 5.41) is 11.4. The summed E-state index contributed by atoms with van der Waals surface area (Å²) in [6, 6.07) is -0.0774. The standard InChI is InChI=1S/C15H27N5O/c1-3-12(8-9-16)6-7-14(21)17-11(2)15-19-18-13-5-4-10-20(13)15/h11-12H,3-10,16H2,1-2H3,(H,17,21). The van der Waals surface area contributed by atoms with Gasteiger partial charge in [0.25, 0.3) is 0 Å². The number of aryl methyl sites for hydroxylation is 1. The minimum Gasteiger partial charge on any atom is -0.346 e. The van der Waals surface area contributed by atoms with Crippen LogP contribution in [0.5, 0.6) is 0 Å². The number of fused-ring (bicyclic) bond motifs is 1. The Bertz CT molecular complexity index is 471. The molecule has 0 radical (unpaired) electrons. The summed E-state index contributed by atoms with van der Waals surface area (Å²) in [4.78, 5) is 12.1. The molecule has 0 bridgehead atoms. The van der Waals surface area contributed by atoms with Crippen LogP contribution in [0.1, 0.15) is 63.6 Å². The molecular formula is C15H27N5O. The van der Waals surface area contributed by atoms with E-state index >= 15 is 0 Å². The van der Waals surface area contributed by atoms with E-state index in [2.05, 4.69) is 27.0 Å². The van der Waals surface area contributed by atoms with Gasteiger partial charge in [0.05, 0.1) is 6.04 Å². The van der Waals surface area contributed by atoms with Gasteiger partial charge in [0.1, 0.15) is 5.82 Å². The van der Waals surface area contributed by atoms with Gasteiger partial charge >= 0.3 is 0 Å². The second kappa shape index (κ2) is 7.54. The van der Waals surface area contributed by atoms with Gasteiger partial charge in [-0.1, -0.05) is 13.3 Å². The number of amides is 1. The fourth-order valence-corrected chi connectivity index (χ4v) is 3.00. The van der Waals surface area contributed by atoms with Crippen molar-refractivity contribution in [3.8, 4) is 0 Å². The Morgan fingerprint density at radius 2 is 2.24 bits per heavy atom. The molecule has 21 heavy (non-hydrogen) atoms. The maximum atomic E-state index is 12.1. The van der Waals surface area contributed by atoms with E-state index in [1.165, 1.54) is 0 Å². The Morgan fingerprint density at radius 1 is 1.43 bits per heavy atom. The molecule has 2 atom stereocenters. The van der Waals surface area contributed by atoms with Gasteiger partial charge < -0.3 is 15.6 Å². The van der Waals surface area contributed by atoms with Crippen LogP contribution in [-0.2, 0) is 17.8 Å². The van der Waals surface area contributed by atoms with Gasteiger partial charge in [-0.15, -0.1) is 10.2 Å². The lowest BCUT2D eigenvalue weighted by molar-refractivity contribution is -0.122. The molecule has 2 heterocycles. The van der Waals surface area contributed by atoms with Crippen molar-refractivity contribution in [1.82, 2.24) is 20.1 Å². The molecule has 6 nitrogen and oxygen atoms in total. The van der Waals surface area contributed by atoms with Gasteiger partial charge in [-0.05, 0) is 38.6 Å². The SMILES string of the molecule is CCC(CCN)CCC(=O)NC(C)c1nnc2n1CCC2. The third-order valence-electron chi connectivity index (χ3n) is 4.33. The Balaban J connectivity index is 1.82. The molecule has 6 heteroatoms. The zero-order valence-corrected chi connectivity index (χ0v) is 13.1. The first-order valence-corrected chi connectivity index (χ1v) is 8.07. The van der Waals surface area contributed by atoms with Gasteiger partial charge in [0, 0.05) is 19.4 Å². The second-order valence-corrected chi connectivity index (χ2v) is 5.91. The highest BCUT2D eigenvalue weighted by Gasteiger charge is 2.22. The molecule has 1 aliphatic heterocycles. The Kier molecular flexibility index (Phi) is 5.73. The fourth-order valence-electron chi connectivity index (χ4n) is 3.00. The molecule has 0 fully saturated rings. The first-order valence-electron chi connectivity index (χ1n) is 8.07. The maximum absolute atomic E-state index is 12.1.